The molecule has 1 aliphatic rings. The molecule has 1 fully saturated rings. The smallest absolute Gasteiger partial charge is 0.374 e. The van der Waals surface area contributed by atoms with Gasteiger partial charge >= 0.3 is 6.18 Å². The molecule has 0 bridgehead atoms. The van der Waals surface area contributed by atoms with E-state index in [0.29, 0.717) is 31.8 Å². The Bertz CT molecular complexity index is 632. The highest BCUT2D eigenvalue weighted by molar-refractivity contribution is 5.76. The summed E-state index contributed by atoms with van der Waals surface area (Å²) in [7, 11) is 1.55. The van der Waals surface area contributed by atoms with Crippen LogP contribution in [0.2, 0.25) is 0 Å². The van der Waals surface area contributed by atoms with Crippen LogP contribution >= 0.6 is 0 Å². The molecule has 2 rings (SSSR count). The molecule has 10 heteroatoms. The maximum Gasteiger partial charge on any atom is 0.397 e. The van der Waals surface area contributed by atoms with Gasteiger partial charge in [-0.25, -0.2) is 4.68 Å². The van der Waals surface area contributed by atoms with Crippen LogP contribution in [0.3, 0.4) is 0 Å². The molecule has 0 unspecified atom stereocenters. The minimum absolute atomic E-state index is 0.0994. The number of amides is 1. The summed E-state index contributed by atoms with van der Waals surface area (Å²) in [6.07, 6.45) is -4.26. The number of anilines is 1. The molecule has 24 heavy (non-hydrogen) atoms. The second kappa shape index (κ2) is 7.65. The van der Waals surface area contributed by atoms with Gasteiger partial charge in [-0.15, -0.1) is 0 Å². The van der Waals surface area contributed by atoms with E-state index in [-0.39, 0.29) is 18.2 Å². The van der Waals surface area contributed by atoms with Crippen LogP contribution in [0, 0.1) is 0 Å². The molecule has 1 N–H and O–H groups in total. The van der Waals surface area contributed by atoms with Crippen LogP contribution in [0.1, 0.15) is 12.8 Å². The van der Waals surface area contributed by atoms with Gasteiger partial charge in [0.05, 0.1) is 24.6 Å². The molecular weight excluding hydrogens is 329 g/mol. The highest BCUT2D eigenvalue weighted by Gasteiger charge is 2.31. The van der Waals surface area contributed by atoms with Gasteiger partial charge in [0, 0.05) is 32.7 Å². The Balaban J connectivity index is 1.82. The quantitative estimate of drug-likeness (QED) is 0.836. The van der Waals surface area contributed by atoms with Gasteiger partial charge in [0.1, 0.15) is 6.42 Å². The SMILES string of the molecule is Cn1ncc(N2CCO[C@H](CCNC(=O)CC(F)(F)F)C2)cc1=O. The highest BCUT2D eigenvalue weighted by Crippen LogP contribution is 2.19. The van der Waals surface area contributed by atoms with Crippen molar-refractivity contribution in [2.75, 3.05) is 31.1 Å². The van der Waals surface area contributed by atoms with E-state index < -0.39 is 18.5 Å². The zero-order chi connectivity index (χ0) is 17.7. The minimum Gasteiger partial charge on any atom is -0.374 e. The van der Waals surface area contributed by atoms with E-state index in [4.69, 9.17) is 4.74 Å². The van der Waals surface area contributed by atoms with Crippen LogP contribution in [-0.4, -0.2) is 54.2 Å². The number of aryl methyl sites for hydroxylation is 1. The van der Waals surface area contributed by atoms with Gasteiger partial charge in [0.15, 0.2) is 0 Å². The third-order valence-electron chi connectivity index (χ3n) is 3.61. The van der Waals surface area contributed by atoms with Crippen LogP contribution in [0.25, 0.3) is 0 Å². The highest BCUT2D eigenvalue weighted by atomic mass is 19.4. The molecule has 2 heterocycles. The molecule has 1 aromatic rings. The largest absolute Gasteiger partial charge is 0.397 e. The van der Waals surface area contributed by atoms with Crippen molar-refractivity contribution in [1.82, 2.24) is 15.1 Å². The number of halogens is 3. The second-order valence-corrected chi connectivity index (χ2v) is 5.55. The molecule has 0 saturated carbocycles. The number of carbonyl (C=O) groups excluding carboxylic acids is 1. The zero-order valence-electron chi connectivity index (χ0n) is 13.2. The van der Waals surface area contributed by atoms with Crippen molar-refractivity contribution in [1.29, 1.82) is 0 Å². The molecule has 0 aliphatic carbocycles. The Hall–Kier alpha value is -2.10. The molecule has 134 valence electrons. The third-order valence-corrected chi connectivity index (χ3v) is 3.61. The van der Waals surface area contributed by atoms with Crippen molar-refractivity contribution in [2.45, 2.75) is 25.1 Å². The number of morpholine rings is 1. The van der Waals surface area contributed by atoms with E-state index in [1.54, 1.807) is 13.2 Å². The summed E-state index contributed by atoms with van der Waals surface area (Å²) in [6.45, 7) is 1.59. The fourth-order valence-electron chi connectivity index (χ4n) is 2.38. The van der Waals surface area contributed by atoms with Gasteiger partial charge in [0.25, 0.3) is 5.56 Å². The Morgan fingerprint density at radius 2 is 2.25 bits per heavy atom. The summed E-state index contributed by atoms with van der Waals surface area (Å²) in [4.78, 5) is 24.7. The molecule has 0 radical (unpaired) electrons. The zero-order valence-corrected chi connectivity index (χ0v) is 13.2. The van der Waals surface area contributed by atoms with Crippen LogP contribution < -0.4 is 15.8 Å². The Kier molecular flexibility index (Phi) is 5.81. The van der Waals surface area contributed by atoms with E-state index in [1.807, 2.05) is 4.90 Å². The number of nitrogens with zero attached hydrogens (tertiary/aromatic N) is 3. The summed E-state index contributed by atoms with van der Waals surface area (Å²) in [5, 5.41) is 6.19. The fourth-order valence-corrected chi connectivity index (χ4v) is 2.38. The Labute approximate surface area is 136 Å². The summed E-state index contributed by atoms with van der Waals surface area (Å²) in [5.41, 5.74) is 0.447. The number of hydrogen-bond acceptors (Lipinski definition) is 5. The normalized spacial score (nSPS) is 18.5. The number of carbonyl (C=O) groups is 1. The van der Waals surface area contributed by atoms with Crippen molar-refractivity contribution in [2.24, 2.45) is 7.05 Å². The Morgan fingerprint density at radius 3 is 2.92 bits per heavy atom. The first-order valence-corrected chi connectivity index (χ1v) is 7.48. The first kappa shape index (κ1) is 18.2. The monoisotopic (exact) mass is 348 g/mol. The molecule has 1 aromatic heterocycles. The third kappa shape index (κ3) is 5.52. The number of rotatable bonds is 5. The first-order chi connectivity index (χ1) is 11.2. The van der Waals surface area contributed by atoms with Crippen molar-refractivity contribution in [3.63, 3.8) is 0 Å². The van der Waals surface area contributed by atoms with E-state index >= 15 is 0 Å². The minimum atomic E-state index is -4.51. The van der Waals surface area contributed by atoms with Gasteiger partial charge in [0.2, 0.25) is 5.91 Å². The molecule has 1 aliphatic heterocycles. The standard InChI is InChI=1S/C14H19F3N4O3/c1-20-13(23)6-10(8-19-20)21-4-5-24-11(9-21)2-3-18-12(22)7-14(15,16)17/h6,8,11H,2-5,7,9H2,1H3,(H,18,22)/t11-/m1/s1. The number of aromatic nitrogens is 2. The number of alkyl halides is 3. The average molecular weight is 348 g/mol. The first-order valence-electron chi connectivity index (χ1n) is 7.48. The lowest BCUT2D eigenvalue weighted by Crippen LogP contribution is -2.44. The van der Waals surface area contributed by atoms with Crippen LogP contribution in [0.15, 0.2) is 17.1 Å². The molecule has 7 nitrogen and oxygen atoms in total. The molecule has 0 aromatic carbocycles. The molecule has 1 saturated heterocycles. The predicted octanol–water partition coefficient (Wildman–Crippen LogP) is 0.444. The van der Waals surface area contributed by atoms with Crippen LogP contribution in [0.5, 0.6) is 0 Å². The van der Waals surface area contributed by atoms with E-state index in [0.717, 1.165) is 0 Å². The summed E-state index contributed by atoms with van der Waals surface area (Å²) in [5.74, 6) is -1.05. The topological polar surface area (TPSA) is 76.5 Å². The van der Waals surface area contributed by atoms with Crippen molar-refractivity contribution < 1.29 is 22.7 Å². The van der Waals surface area contributed by atoms with Crippen molar-refractivity contribution >= 4 is 11.6 Å². The summed E-state index contributed by atoms with van der Waals surface area (Å²) >= 11 is 0. The number of ether oxygens (including phenoxy) is 1. The average Bonchev–Trinajstić information content (AvgIpc) is 2.48. The van der Waals surface area contributed by atoms with Gasteiger partial charge in [-0.05, 0) is 6.42 Å². The molecular formula is C14H19F3N4O3. The lowest BCUT2D eigenvalue weighted by molar-refractivity contribution is -0.153. The van der Waals surface area contributed by atoms with E-state index in [1.165, 1.54) is 10.7 Å². The van der Waals surface area contributed by atoms with Crippen molar-refractivity contribution in [3.8, 4) is 0 Å². The maximum atomic E-state index is 12.1. The number of hydrogen-bond donors (Lipinski definition) is 1. The van der Waals surface area contributed by atoms with Crippen molar-refractivity contribution in [3.05, 3.63) is 22.6 Å². The van der Waals surface area contributed by atoms with Gasteiger partial charge < -0.3 is 15.0 Å². The second-order valence-electron chi connectivity index (χ2n) is 5.55. The predicted molar refractivity (Wildman–Crippen MR) is 79.7 cm³/mol. The lowest BCUT2D eigenvalue weighted by Gasteiger charge is -2.34. The van der Waals surface area contributed by atoms with Gasteiger partial charge in [-0.2, -0.15) is 18.3 Å². The maximum absolute atomic E-state index is 12.1. The van der Waals surface area contributed by atoms with Crippen LogP contribution in [0.4, 0.5) is 18.9 Å². The summed E-state index contributed by atoms with van der Waals surface area (Å²) in [6, 6.07) is 1.47. The van der Waals surface area contributed by atoms with E-state index in [2.05, 4.69) is 10.4 Å². The number of nitrogens with one attached hydrogen (secondary N) is 1. The molecule has 1 atom stereocenters. The molecule has 1 amide bonds. The lowest BCUT2D eigenvalue weighted by atomic mass is 10.2. The molecule has 0 spiro atoms. The Morgan fingerprint density at radius 1 is 1.50 bits per heavy atom. The van der Waals surface area contributed by atoms with Gasteiger partial charge in [-0.3, -0.25) is 9.59 Å². The van der Waals surface area contributed by atoms with Crippen LogP contribution in [-0.2, 0) is 16.6 Å². The van der Waals surface area contributed by atoms with Gasteiger partial charge in [-0.1, -0.05) is 0 Å². The summed E-state index contributed by atoms with van der Waals surface area (Å²) < 4.78 is 43.0. The fraction of sp³-hybridized carbons (Fsp3) is 0.643. The van der Waals surface area contributed by atoms with E-state index in [9.17, 15) is 22.8 Å².